The van der Waals surface area contributed by atoms with E-state index in [1.165, 1.54) is 7.11 Å². The van der Waals surface area contributed by atoms with Crippen LogP contribution in [0.5, 0.6) is 0 Å². The molecule has 2 unspecified atom stereocenters. The van der Waals surface area contributed by atoms with Crippen molar-refractivity contribution in [1.82, 2.24) is 5.32 Å². The van der Waals surface area contributed by atoms with Crippen LogP contribution in [0.1, 0.15) is 27.2 Å². The van der Waals surface area contributed by atoms with E-state index in [4.69, 9.17) is 4.74 Å². The molecule has 1 N–H and O–H groups in total. The highest BCUT2D eigenvalue weighted by atomic mass is 16.6. The topological polar surface area (TPSA) is 64.6 Å². The monoisotopic (exact) mass is 229 g/mol. The number of nitrogens with one attached hydrogen (secondary N) is 1. The third-order valence-corrected chi connectivity index (χ3v) is 2.36. The third kappa shape index (κ3) is 3.48. The highest BCUT2D eigenvalue weighted by molar-refractivity contribution is 5.80. The van der Waals surface area contributed by atoms with Crippen molar-refractivity contribution in [1.29, 1.82) is 0 Å². The SMILES string of the molecule is COC(=O)C1CNC(C(=O)OC(C)(C)C)C1. The summed E-state index contributed by atoms with van der Waals surface area (Å²) < 4.78 is 9.86. The molecule has 92 valence electrons. The molecule has 0 bridgehead atoms. The zero-order valence-corrected chi connectivity index (χ0v) is 10.2. The van der Waals surface area contributed by atoms with Crippen molar-refractivity contribution in [3.8, 4) is 0 Å². The van der Waals surface area contributed by atoms with Gasteiger partial charge in [0.2, 0.25) is 0 Å². The first-order valence-electron chi connectivity index (χ1n) is 5.37. The van der Waals surface area contributed by atoms with Crippen LogP contribution in [0.4, 0.5) is 0 Å². The molecule has 0 aromatic carbocycles. The van der Waals surface area contributed by atoms with Crippen molar-refractivity contribution >= 4 is 11.9 Å². The predicted molar refractivity (Wildman–Crippen MR) is 57.8 cm³/mol. The molecule has 5 heteroatoms. The number of rotatable bonds is 2. The summed E-state index contributed by atoms with van der Waals surface area (Å²) in [5.41, 5.74) is -0.498. The molecule has 1 fully saturated rings. The van der Waals surface area contributed by atoms with Crippen LogP contribution in [0, 0.1) is 5.92 Å². The molecule has 1 aliphatic heterocycles. The molecule has 2 atom stereocenters. The summed E-state index contributed by atoms with van der Waals surface area (Å²) in [6.07, 6.45) is 0.446. The van der Waals surface area contributed by atoms with Crippen molar-refractivity contribution in [3.63, 3.8) is 0 Å². The summed E-state index contributed by atoms with van der Waals surface area (Å²) in [5, 5.41) is 2.97. The first-order chi connectivity index (χ1) is 7.33. The van der Waals surface area contributed by atoms with Gasteiger partial charge in [0.05, 0.1) is 13.0 Å². The van der Waals surface area contributed by atoms with Gasteiger partial charge in [0.25, 0.3) is 0 Å². The summed E-state index contributed by atoms with van der Waals surface area (Å²) in [6.45, 7) is 5.92. The van der Waals surface area contributed by atoms with Crippen LogP contribution >= 0.6 is 0 Å². The van der Waals surface area contributed by atoms with E-state index < -0.39 is 11.6 Å². The molecular weight excluding hydrogens is 210 g/mol. The summed E-state index contributed by atoms with van der Waals surface area (Å²) in [5.74, 6) is -0.833. The molecule has 0 aromatic heterocycles. The van der Waals surface area contributed by atoms with Crippen molar-refractivity contribution in [3.05, 3.63) is 0 Å². The van der Waals surface area contributed by atoms with Crippen LogP contribution in [0.3, 0.4) is 0 Å². The lowest BCUT2D eigenvalue weighted by Crippen LogP contribution is -2.37. The van der Waals surface area contributed by atoms with Crippen molar-refractivity contribution in [2.24, 2.45) is 5.92 Å². The molecule has 0 spiro atoms. The average molecular weight is 229 g/mol. The smallest absolute Gasteiger partial charge is 0.323 e. The molecule has 16 heavy (non-hydrogen) atoms. The fourth-order valence-corrected chi connectivity index (χ4v) is 1.63. The number of carbonyl (C=O) groups is 2. The number of carbonyl (C=O) groups excluding carboxylic acids is 2. The Kier molecular flexibility index (Phi) is 3.91. The van der Waals surface area contributed by atoms with Crippen molar-refractivity contribution in [2.75, 3.05) is 13.7 Å². The van der Waals surface area contributed by atoms with Crippen LogP contribution in [0.25, 0.3) is 0 Å². The molecule has 0 amide bonds. The maximum Gasteiger partial charge on any atom is 0.323 e. The van der Waals surface area contributed by atoms with Crippen LogP contribution in [-0.2, 0) is 19.1 Å². The minimum Gasteiger partial charge on any atom is -0.469 e. The first kappa shape index (κ1) is 13.0. The molecule has 1 saturated heterocycles. The van der Waals surface area contributed by atoms with E-state index in [1.54, 1.807) is 0 Å². The van der Waals surface area contributed by atoms with Gasteiger partial charge < -0.3 is 14.8 Å². The number of hydrogen-bond donors (Lipinski definition) is 1. The third-order valence-electron chi connectivity index (χ3n) is 2.36. The summed E-state index contributed by atoms with van der Waals surface area (Å²) in [6, 6.07) is -0.400. The number of ether oxygens (including phenoxy) is 2. The molecule has 1 rings (SSSR count). The molecule has 1 heterocycles. The Hall–Kier alpha value is -1.10. The maximum absolute atomic E-state index is 11.7. The van der Waals surface area contributed by atoms with Gasteiger partial charge in [0, 0.05) is 6.54 Å². The second kappa shape index (κ2) is 4.82. The van der Waals surface area contributed by atoms with Gasteiger partial charge in [-0.05, 0) is 27.2 Å². The molecule has 0 aliphatic carbocycles. The second-order valence-corrected chi connectivity index (χ2v) is 4.95. The van der Waals surface area contributed by atoms with Gasteiger partial charge in [-0.25, -0.2) is 0 Å². The lowest BCUT2D eigenvalue weighted by molar-refractivity contribution is -0.157. The van der Waals surface area contributed by atoms with Gasteiger partial charge >= 0.3 is 11.9 Å². The number of esters is 2. The van der Waals surface area contributed by atoms with Gasteiger partial charge in [0.15, 0.2) is 0 Å². The Labute approximate surface area is 95.5 Å². The van der Waals surface area contributed by atoms with Crippen molar-refractivity contribution < 1.29 is 19.1 Å². The summed E-state index contributed by atoms with van der Waals surface area (Å²) in [7, 11) is 1.35. The van der Waals surface area contributed by atoms with E-state index in [0.717, 1.165) is 0 Å². The van der Waals surface area contributed by atoms with Gasteiger partial charge in [-0.15, -0.1) is 0 Å². The molecule has 5 nitrogen and oxygen atoms in total. The Morgan fingerprint density at radius 1 is 1.25 bits per heavy atom. The van der Waals surface area contributed by atoms with E-state index in [2.05, 4.69) is 10.1 Å². The number of methoxy groups -OCH3 is 1. The zero-order valence-electron chi connectivity index (χ0n) is 10.2. The fraction of sp³-hybridized carbons (Fsp3) is 0.818. The minimum absolute atomic E-state index is 0.248. The minimum atomic E-state index is -0.498. The largest absolute Gasteiger partial charge is 0.469 e. The summed E-state index contributed by atoms with van der Waals surface area (Å²) in [4.78, 5) is 22.9. The van der Waals surface area contributed by atoms with Crippen LogP contribution in [0.2, 0.25) is 0 Å². The normalized spacial score (nSPS) is 25.2. The Balaban J connectivity index is 2.47. The molecule has 0 saturated carbocycles. The zero-order chi connectivity index (χ0) is 12.3. The van der Waals surface area contributed by atoms with Gasteiger partial charge in [0.1, 0.15) is 11.6 Å². The average Bonchev–Trinajstić information content (AvgIpc) is 2.62. The highest BCUT2D eigenvalue weighted by Crippen LogP contribution is 2.18. The lowest BCUT2D eigenvalue weighted by Gasteiger charge is -2.22. The second-order valence-electron chi connectivity index (χ2n) is 4.95. The molecule has 0 aromatic rings. The lowest BCUT2D eigenvalue weighted by atomic mass is 10.1. The standard InChI is InChI=1S/C11H19NO4/c1-11(2,3)16-10(14)8-5-7(6-12-8)9(13)15-4/h7-8,12H,5-6H2,1-4H3. The van der Waals surface area contributed by atoms with E-state index >= 15 is 0 Å². The highest BCUT2D eigenvalue weighted by Gasteiger charge is 2.36. The summed E-state index contributed by atoms with van der Waals surface area (Å²) >= 11 is 0. The predicted octanol–water partition coefficient (Wildman–Crippen LogP) is 0.479. The van der Waals surface area contributed by atoms with E-state index in [1.807, 2.05) is 20.8 Å². The van der Waals surface area contributed by atoms with E-state index in [9.17, 15) is 9.59 Å². The Morgan fingerprint density at radius 2 is 1.88 bits per heavy atom. The van der Waals surface area contributed by atoms with E-state index in [0.29, 0.717) is 13.0 Å². The van der Waals surface area contributed by atoms with Crippen LogP contribution < -0.4 is 5.32 Å². The molecule has 1 aliphatic rings. The Bertz CT molecular complexity index is 282. The van der Waals surface area contributed by atoms with Crippen LogP contribution in [-0.4, -0.2) is 37.2 Å². The molecule has 0 radical (unpaired) electrons. The van der Waals surface area contributed by atoms with Gasteiger partial charge in [-0.1, -0.05) is 0 Å². The van der Waals surface area contributed by atoms with Gasteiger partial charge in [-0.2, -0.15) is 0 Å². The first-order valence-corrected chi connectivity index (χ1v) is 5.37. The van der Waals surface area contributed by atoms with E-state index in [-0.39, 0.29) is 17.9 Å². The van der Waals surface area contributed by atoms with Crippen molar-refractivity contribution in [2.45, 2.75) is 38.8 Å². The quantitative estimate of drug-likeness (QED) is 0.698. The molecular formula is C11H19NO4. The van der Waals surface area contributed by atoms with Crippen LogP contribution in [0.15, 0.2) is 0 Å². The van der Waals surface area contributed by atoms with Gasteiger partial charge in [-0.3, -0.25) is 9.59 Å². The maximum atomic E-state index is 11.7. The fourth-order valence-electron chi connectivity index (χ4n) is 1.63. The Morgan fingerprint density at radius 3 is 2.38 bits per heavy atom. The number of hydrogen-bond acceptors (Lipinski definition) is 5.